The molecule has 1 aromatic carbocycles. The standard InChI is InChI=1S/C11H12NO/c1-2-4-10(5-3-1)12-6-11(7-12)8-13-9-11/h2-5H,6-9H2. The van der Waals surface area contributed by atoms with E-state index >= 15 is 0 Å². The number of benzene rings is 1. The Balaban J connectivity index is 1.71. The Hall–Kier alpha value is -1.02. The summed E-state index contributed by atoms with van der Waals surface area (Å²) in [6.45, 7) is 4.25. The topological polar surface area (TPSA) is 12.5 Å². The second kappa shape index (κ2) is 2.48. The summed E-state index contributed by atoms with van der Waals surface area (Å²) in [7, 11) is 0. The molecule has 0 bridgehead atoms. The Morgan fingerprint density at radius 3 is 2.46 bits per heavy atom. The molecule has 2 heterocycles. The van der Waals surface area contributed by atoms with E-state index in [4.69, 9.17) is 4.74 Å². The maximum absolute atomic E-state index is 5.23. The van der Waals surface area contributed by atoms with Gasteiger partial charge in [0.1, 0.15) is 0 Å². The molecule has 2 aliphatic rings. The average Bonchev–Trinajstić information content (AvgIpc) is 2.01. The lowest BCUT2D eigenvalue weighted by molar-refractivity contribution is -0.127. The predicted octanol–water partition coefficient (Wildman–Crippen LogP) is 1.32. The van der Waals surface area contributed by atoms with Crippen molar-refractivity contribution >= 4 is 5.69 Å². The molecule has 2 nitrogen and oxygen atoms in total. The summed E-state index contributed by atoms with van der Waals surface area (Å²) in [5, 5.41) is 0. The summed E-state index contributed by atoms with van der Waals surface area (Å²) < 4.78 is 5.23. The first-order valence-corrected chi connectivity index (χ1v) is 4.67. The third-order valence-corrected chi connectivity index (χ3v) is 2.93. The van der Waals surface area contributed by atoms with Crippen molar-refractivity contribution in [1.29, 1.82) is 0 Å². The van der Waals surface area contributed by atoms with Crippen LogP contribution in [0.2, 0.25) is 0 Å². The molecule has 2 heteroatoms. The van der Waals surface area contributed by atoms with Crippen molar-refractivity contribution in [2.24, 2.45) is 5.41 Å². The summed E-state index contributed by atoms with van der Waals surface area (Å²) in [4.78, 5) is 2.40. The van der Waals surface area contributed by atoms with Gasteiger partial charge >= 0.3 is 0 Å². The van der Waals surface area contributed by atoms with Crippen molar-refractivity contribution in [3.8, 4) is 0 Å². The highest BCUT2D eigenvalue weighted by Gasteiger charge is 2.48. The van der Waals surface area contributed by atoms with Gasteiger partial charge in [0.2, 0.25) is 0 Å². The normalized spacial score (nSPS) is 23.8. The highest BCUT2D eigenvalue weighted by Crippen LogP contribution is 2.39. The van der Waals surface area contributed by atoms with E-state index in [2.05, 4.69) is 23.1 Å². The van der Waals surface area contributed by atoms with Gasteiger partial charge < -0.3 is 9.64 Å². The molecule has 1 radical (unpaired) electrons. The van der Waals surface area contributed by atoms with Crippen LogP contribution in [0.1, 0.15) is 0 Å². The number of nitrogens with zero attached hydrogens (tertiary/aromatic N) is 1. The fourth-order valence-corrected chi connectivity index (χ4v) is 2.11. The molecular weight excluding hydrogens is 162 g/mol. The molecule has 0 amide bonds. The third-order valence-electron chi connectivity index (χ3n) is 2.93. The molecule has 13 heavy (non-hydrogen) atoms. The van der Waals surface area contributed by atoms with Gasteiger partial charge in [0.05, 0.1) is 18.6 Å². The zero-order valence-electron chi connectivity index (χ0n) is 7.49. The van der Waals surface area contributed by atoms with Crippen LogP contribution in [0, 0.1) is 11.5 Å². The average molecular weight is 174 g/mol. The molecule has 1 aromatic rings. The van der Waals surface area contributed by atoms with Gasteiger partial charge in [-0.25, -0.2) is 0 Å². The Labute approximate surface area is 78.1 Å². The van der Waals surface area contributed by atoms with Crippen LogP contribution in [-0.2, 0) is 4.74 Å². The van der Waals surface area contributed by atoms with E-state index in [0.29, 0.717) is 5.41 Å². The molecule has 0 N–H and O–H groups in total. The van der Waals surface area contributed by atoms with Crippen molar-refractivity contribution in [2.75, 3.05) is 31.2 Å². The Morgan fingerprint density at radius 1 is 1.23 bits per heavy atom. The molecule has 3 rings (SSSR count). The predicted molar refractivity (Wildman–Crippen MR) is 50.7 cm³/mol. The molecule has 2 aliphatic heterocycles. The SMILES string of the molecule is [c]1ccc(N2CC3(COC3)C2)cc1. The van der Waals surface area contributed by atoms with Gasteiger partial charge in [0, 0.05) is 18.8 Å². The first kappa shape index (κ1) is 7.39. The Kier molecular flexibility index (Phi) is 1.41. The van der Waals surface area contributed by atoms with Crippen LogP contribution in [0.5, 0.6) is 0 Å². The van der Waals surface area contributed by atoms with Gasteiger partial charge in [-0.15, -0.1) is 0 Å². The first-order chi connectivity index (χ1) is 6.38. The molecule has 0 saturated carbocycles. The van der Waals surface area contributed by atoms with E-state index in [1.165, 1.54) is 5.69 Å². The van der Waals surface area contributed by atoms with Crippen molar-refractivity contribution in [2.45, 2.75) is 0 Å². The number of hydrogen-bond donors (Lipinski definition) is 0. The fraction of sp³-hybridized carbons (Fsp3) is 0.455. The molecule has 1 spiro atoms. The van der Waals surface area contributed by atoms with Crippen LogP contribution in [-0.4, -0.2) is 26.3 Å². The van der Waals surface area contributed by atoms with Gasteiger partial charge in [-0.2, -0.15) is 0 Å². The minimum atomic E-state index is 0.513. The highest BCUT2D eigenvalue weighted by molar-refractivity contribution is 5.49. The maximum Gasteiger partial charge on any atom is 0.0579 e. The first-order valence-electron chi connectivity index (χ1n) is 4.67. The van der Waals surface area contributed by atoms with E-state index in [1.54, 1.807) is 0 Å². The van der Waals surface area contributed by atoms with Gasteiger partial charge in [0.15, 0.2) is 0 Å². The summed E-state index contributed by atoms with van der Waals surface area (Å²) >= 11 is 0. The lowest BCUT2D eigenvalue weighted by atomic mass is 9.78. The molecule has 2 fully saturated rings. The van der Waals surface area contributed by atoms with Crippen LogP contribution >= 0.6 is 0 Å². The van der Waals surface area contributed by atoms with E-state index in [1.807, 2.05) is 12.1 Å². The molecule has 0 unspecified atom stereocenters. The molecule has 0 atom stereocenters. The fourth-order valence-electron chi connectivity index (χ4n) is 2.11. The van der Waals surface area contributed by atoms with Crippen LogP contribution in [0.3, 0.4) is 0 Å². The lowest BCUT2D eigenvalue weighted by Gasteiger charge is -2.56. The monoisotopic (exact) mass is 174 g/mol. The van der Waals surface area contributed by atoms with Crippen molar-refractivity contribution in [1.82, 2.24) is 0 Å². The number of ether oxygens (including phenoxy) is 1. The second-order valence-corrected chi connectivity index (χ2v) is 4.11. The van der Waals surface area contributed by atoms with Gasteiger partial charge in [-0.05, 0) is 18.2 Å². The van der Waals surface area contributed by atoms with Crippen LogP contribution in [0.15, 0.2) is 24.3 Å². The van der Waals surface area contributed by atoms with E-state index in [0.717, 1.165) is 26.3 Å². The lowest BCUT2D eigenvalue weighted by Crippen LogP contribution is -2.66. The summed E-state index contributed by atoms with van der Waals surface area (Å²) in [5.41, 5.74) is 1.83. The summed E-state index contributed by atoms with van der Waals surface area (Å²) in [5.74, 6) is 0. The van der Waals surface area contributed by atoms with E-state index in [9.17, 15) is 0 Å². The minimum Gasteiger partial charge on any atom is -0.380 e. The van der Waals surface area contributed by atoms with Gasteiger partial charge in [-0.1, -0.05) is 12.1 Å². The zero-order chi connectivity index (χ0) is 8.73. The second-order valence-electron chi connectivity index (χ2n) is 4.11. The molecule has 0 aromatic heterocycles. The van der Waals surface area contributed by atoms with Gasteiger partial charge in [0.25, 0.3) is 0 Å². The molecular formula is C11H12NO. The van der Waals surface area contributed by atoms with Crippen molar-refractivity contribution in [3.63, 3.8) is 0 Å². The molecule has 0 aliphatic carbocycles. The Morgan fingerprint density at radius 2 is 1.92 bits per heavy atom. The van der Waals surface area contributed by atoms with Crippen molar-refractivity contribution < 1.29 is 4.74 Å². The van der Waals surface area contributed by atoms with Crippen LogP contribution < -0.4 is 4.90 Å². The number of hydrogen-bond acceptors (Lipinski definition) is 2. The van der Waals surface area contributed by atoms with Gasteiger partial charge in [-0.3, -0.25) is 0 Å². The largest absolute Gasteiger partial charge is 0.380 e. The summed E-state index contributed by atoms with van der Waals surface area (Å²) in [6.07, 6.45) is 0. The highest BCUT2D eigenvalue weighted by atomic mass is 16.5. The quantitative estimate of drug-likeness (QED) is 0.636. The van der Waals surface area contributed by atoms with Crippen molar-refractivity contribution in [3.05, 3.63) is 30.3 Å². The number of rotatable bonds is 1. The van der Waals surface area contributed by atoms with Crippen LogP contribution in [0.4, 0.5) is 5.69 Å². The van der Waals surface area contributed by atoms with Crippen LogP contribution in [0.25, 0.3) is 0 Å². The smallest absolute Gasteiger partial charge is 0.0579 e. The maximum atomic E-state index is 5.23. The van der Waals surface area contributed by atoms with E-state index < -0.39 is 0 Å². The molecule has 67 valence electrons. The molecule has 2 saturated heterocycles. The zero-order valence-corrected chi connectivity index (χ0v) is 7.49. The third kappa shape index (κ3) is 1.05. The number of anilines is 1. The minimum absolute atomic E-state index is 0.513. The Bertz CT molecular complexity index is 297. The summed E-state index contributed by atoms with van der Waals surface area (Å²) in [6, 6.07) is 11.2. The van der Waals surface area contributed by atoms with E-state index in [-0.39, 0.29) is 0 Å².